The first-order valence-corrected chi connectivity index (χ1v) is 4.62. The molecule has 0 saturated heterocycles. The van der Waals surface area contributed by atoms with Crippen molar-refractivity contribution in [1.29, 1.82) is 0 Å². The highest BCUT2D eigenvalue weighted by Gasteiger charge is 2.18. The molecule has 1 aliphatic heterocycles. The summed E-state index contributed by atoms with van der Waals surface area (Å²) >= 11 is 0. The molecular weight excluding hydrogens is 148 g/mol. The van der Waals surface area contributed by atoms with E-state index in [1.54, 1.807) is 0 Å². The molecule has 2 rings (SSSR count). The Bertz CT molecular complexity index is 299. The van der Waals surface area contributed by atoms with Crippen LogP contribution in [0.25, 0.3) is 0 Å². The Morgan fingerprint density at radius 1 is 1.50 bits per heavy atom. The van der Waals surface area contributed by atoms with Gasteiger partial charge in [-0.3, -0.25) is 0 Å². The molecule has 1 aromatic heterocycles. The molecule has 12 heavy (non-hydrogen) atoms. The van der Waals surface area contributed by atoms with Crippen molar-refractivity contribution in [3.05, 3.63) is 23.0 Å². The zero-order valence-electron chi connectivity index (χ0n) is 7.80. The molecule has 0 amide bonds. The lowest BCUT2D eigenvalue weighted by Crippen LogP contribution is -2.21. The molecule has 1 aromatic rings. The molecule has 0 saturated carbocycles. The second-order valence-electron chi connectivity index (χ2n) is 3.74. The fraction of sp³-hybridized carbons (Fsp3) is 0.600. The molecule has 0 aliphatic carbocycles. The van der Waals surface area contributed by atoms with E-state index in [1.165, 1.54) is 23.4 Å². The standard InChI is InChI=1S/C10H16N2/c1-7-6-10-9(11)4-3-5-12(10)8(7)2/h6,9H,3-5,11H2,1-2H3. The normalized spacial score (nSPS) is 22.4. The molecule has 0 spiro atoms. The highest BCUT2D eigenvalue weighted by atomic mass is 15.0. The van der Waals surface area contributed by atoms with E-state index in [1.807, 2.05) is 0 Å². The smallest absolute Gasteiger partial charge is 0.0450 e. The van der Waals surface area contributed by atoms with Crippen LogP contribution in [0.5, 0.6) is 0 Å². The summed E-state index contributed by atoms with van der Waals surface area (Å²) in [6, 6.07) is 2.50. The van der Waals surface area contributed by atoms with Crippen LogP contribution < -0.4 is 5.73 Å². The van der Waals surface area contributed by atoms with Crippen LogP contribution in [0.4, 0.5) is 0 Å². The average molecular weight is 164 g/mol. The van der Waals surface area contributed by atoms with Crippen molar-refractivity contribution in [1.82, 2.24) is 4.57 Å². The van der Waals surface area contributed by atoms with Crippen molar-refractivity contribution < 1.29 is 0 Å². The van der Waals surface area contributed by atoms with Gasteiger partial charge in [-0.1, -0.05) is 0 Å². The van der Waals surface area contributed by atoms with Crippen molar-refractivity contribution >= 4 is 0 Å². The minimum Gasteiger partial charge on any atom is -0.347 e. The van der Waals surface area contributed by atoms with Gasteiger partial charge < -0.3 is 10.3 Å². The Labute approximate surface area is 73.4 Å². The van der Waals surface area contributed by atoms with Crippen molar-refractivity contribution in [2.24, 2.45) is 5.73 Å². The number of fused-ring (bicyclic) bond motifs is 1. The fourth-order valence-electron chi connectivity index (χ4n) is 2.03. The monoisotopic (exact) mass is 164 g/mol. The van der Waals surface area contributed by atoms with Crippen LogP contribution >= 0.6 is 0 Å². The highest BCUT2D eigenvalue weighted by Crippen LogP contribution is 2.27. The first-order valence-electron chi connectivity index (χ1n) is 4.62. The Kier molecular flexibility index (Phi) is 1.72. The Balaban J connectivity index is 2.52. The number of hydrogen-bond donors (Lipinski definition) is 1. The largest absolute Gasteiger partial charge is 0.347 e. The summed E-state index contributed by atoms with van der Waals surface area (Å²) in [5.74, 6) is 0. The molecule has 0 bridgehead atoms. The maximum absolute atomic E-state index is 6.01. The van der Waals surface area contributed by atoms with E-state index in [0.717, 1.165) is 13.0 Å². The average Bonchev–Trinajstić information content (AvgIpc) is 2.32. The van der Waals surface area contributed by atoms with Crippen LogP contribution in [-0.2, 0) is 6.54 Å². The molecule has 2 heteroatoms. The number of aryl methyl sites for hydroxylation is 1. The zero-order valence-corrected chi connectivity index (χ0v) is 7.80. The molecule has 1 aliphatic rings. The van der Waals surface area contributed by atoms with Crippen LogP contribution in [0.2, 0.25) is 0 Å². The molecule has 66 valence electrons. The number of hydrogen-bond acceptors (Lipinski definition) is 1. The number of nitrogens with two attached hydrogens (primary N) is 1. The predicted molar refractivity (Wildman–Crippen MR) is 50.1 cm³/mol. The second-order valence-corrected chi connectivity index (χ2v) is 3.74. The van der Waals surface area contributed by atoms with Gasteiger partial charge in [-0.05, 0) is 38.3 Å². The van der Waals surface area contributed by atoms with Crippen molar-refractivity contribution in [2.45, 2.75) is 39.3 Å². The molecule has 0 fully saturated rings. The van der Waals surface area contributed by atoms with Crippen LogP contribution in [0.15, 0.2) is 6.07 Å². The minimum absolute atomic E-state index is 0.270. The van der Waals surface area contributed by atoms with Gasteiger partial charge in [0.15, 0.2) is 0 Å². The van der Waals surface area contributed by atoms with E-state index in [9.17, 15) is 0 Å². The third-order valence-corrected chi connectivity index (χ3v) is 2.93. The van der Waals surface area contributed by atoms with Gasteiger partial charge in [0.1, 0.15) is 0 Å². The van der Waals surface area contributed by atoms with Gasteiger partial charge in [0.25, 0.3) is 0 Å². The van der Waals surface area contributed by atoms with Gasteiger partial charge in [-0.2, -0.15) is 0 Å². The second kappa shape index (κ2) is 2.63. The number of aromatic nitrogens is 1. The summed E-state index contributed by atoms with van der Waals surface area (Å²) in [5, 5.41) is 0. The SMILES string of the molecule is Cc1cc2n(c1C)CCCC2N. The topological polar surface area (TPSA) is 30.9 Å². The van der Waals surface area contributed by atoms with Crippen LogP contribution in [0.3, 0.4) is 0 Å². The fourth-order valence-corrected chi connectivity index (χ4v) is 2.03. The maximum atomic E-state index is 6.01. The Morgan fingerprint density at radius 3 is 2.92 bits per heavy atom. The summed E-state index contributed by atoms with van der Waals surface area (Å²) in [4.78, 5) is 0. The van der Waals surface area contributed by atoms with E-state index >= 15 is 0 Å². The van der Waals surface area contributed by atoms with Gasteiger partial charge in [0.2, 0.25) is 0 Å². The molecule has 1 unspecified atom stereocenters. The van der Waals surface area contributed by atoms with Crippen molar-refractivity contribution in [3.8, 4) is 0 Å². The molecule has 2 heterocycles. The van der Waals surface area contributed by atoms with Gasteiger partial charge >= 0.3 is 0 Å². The summed E-state index contributed by atoms with van der Waals surface area (Å²) in [6.07, 6.45) is 2.37. The first-order chi connectivity index (χ1) is 5.70. The lowest BCUT2D eigenvalue weighted by Gasteiger charge is -2.22. The van der Waals surface area contributed by atoms with E-state index < -0.39 is 0 Å². The summed E-state index contributed by atoms with van der Waals surface area (Å²) in [7, 11) is 0. The maximum Gasteiger partial charge on any atom is 0.0450 e. The minimum atomic E-state index is 0.270. The van der Waals surface area contributed by atoms with Crippen molar-refractivity contribution in [3.63, 3.8) is 0 Å². The van der Waals surface area contributed by atoms with Crippen LogP contribution in [0, 0.1) is 13.8 Å². The third kappa shape index (κ3) is 0.985. The van der Waals surface area contributed by atoms with Gasteiger partial charge in [-0.25, -0.2) is 0 Å². The predicted octanol–water partition coefficient (Wildman–Crippen LogP) is 1.90. The molecule has 2 nitrogen and oxygen atoms in total. The van der Waals surface area contributed by atoms with Crippen molar-refractivity contribution in [2.75, 3.05) is 0 Å². The Hall–Kier alpha value is -0.760. The molecule has 0 aromatic carbocycles. The van der Waals surface area contributed by atoms with E-state index in [2.05, 4.69) is 24.5 Å². The van der Waals surface area contributed by atoms with E-state index in [-0.39, 0.29) is 6.04 Å². The molecular formula is C10H16N2. The van der Waals surface area contributed by atoms with Gasteiger partial charge in [0.05, 0.1) is 0 Å². The quantitative estimate of drug-likeness (QED) is 0.623. The van der Waals surface area contributed by atoms with Gasteiger partial charge in [-0.15, -0.1) is 0 Å². The van der Waals surface area contributed by atoms with Gasteiger partial charge in [0, 0.05) is 24.0 Å². The third-order valence-electron chi connectivity index (χ3n) is 2.93. The van der Waals surface area contributed by atoms with Crippen LogP contribution in [0.1, 0.15) is 35.8 Å². The molecule has 0 radical (unpaired) electrons. The first kappa shape index (κ1) is 7.87. The number of nitrogens with zero attached hydrogens (tertiary/aromatic N) is 1. The highest BCUT2D eigenvalue weighted by molar-refractivity contribution is 5.28. The van der Waals surface area contributed by atoms with E-state index in [4.69, 9.17) is 5.73 Å². The number of rotatable bonds is 0. The molecule has 1 atom stereocenters. The summed E-state index contributed by atoms with van der Waals surface area (Å²) in [6.45, 7) is 5.49. The lowest BCUT2D eigenvalue weighted by molar-refractivity contribution is 0.457. The summed E-state index contributed by atoms with van der Waals surface area (Å²) in [5.41, 5.74) is 10.1. The summed E-state index contributed by atoms with van der Waals surface area (Å²) < 4.78 is 2.36. The Morgan fingerprint density at radius 2 is 2.25 bits per heavy atom. The molecule has 2 N–H and O–H groups in total. The lowest BCUT2D eigenvalue weighted by atomic mass is 10.1. The van der Waals surface area contributed by atoms with Crippen LogP contribution in [-0.4, -0.2) is 4.57 Å². The zero-order chi connectivity index (χ0) is 8.72. The van der Waals surface area contributed by atoms with E-state index in [0.29, 0.717) is 0 Å².